The third-order valence-corrected chi connectivity index (χ3v) is 3.24. The molecule has 0 radical (unpaired) electrons. The second kappa shape index (κ2) is 5.74. The highest BCUT2D eigenvalue weighted by Crippen LogP contribution is 2.10. The molecule has 3 heteroatoms. The van der Waals surface area contributed by atoms with Gasteiger partial charge < -0.3 is 5.32 Å². The van der Waals surface area contributed by atoms with Crippen LogP contribution in [0.5, 0.6) is 0 Å². The maximum atomic E-state index is 5.73. The van der Waals surface area contributed by atoms with Gasteiger partial charge >= 0.3 is 0 Å². The second-order valence-corrected chi connectivity index (χ2v) is 5.29. The van der Waals surface area contributed by atoms with E-state index in [1.54, 1.807) is 11.3 Å². The lowest BCUT2D eigenvalue weighted by Crippen LogP contribution is -2.40. The fourth-order valence-corrected chi connectivity index (χ4v) is 2.48. The normalized spacial score (nSPS) is 11.9. The molecule has 0 aliphatic carbocycles. The quantitative estimate of drug-likeness (QED) is 0.741. The van der Waals surface area contributed by atoms with Crippen LogP contribution in [0.1, 0.15) is 25.8 Å². The lowest BCUT2D eigenvalue weighted by Gasteiger charge is -2.25. The first kappa shape index (κ1) is 12.0. The van der Waals surface area contributed by atoms with Crippen molar-refractivity contribution in [1.82, 2.24) is 5.32 Å². The molecule has 0 aliphatic rings. The van der Waals surface area contributed by atoms with Crippen molar-refractivity contribution < 1.29 is 0 Å². The molecule has 14 heavy (non-hydrogen) atoms. The minimum Gasteiger partial charge on any atom is -0.311 e. The van der Waals surface area contributed by atoms with Gasteiger partial charge in [0.1, 0.15) is 0 Å². The predicted octanol–water partition coefficient (Wildman–Crippen LogP) is 3.29. The molecule has 1 N–H and O–H groups in total. The molecule has 80 valence electrons. The van der Waals surface area contributed by atoms with Gasteiger partial charge in [0.25, 0.3) is 0 Å². The number of alkyl halides is 1. The van der Waals surface area contributed by atoms with Crippen LogP contribution in [0.3, 0.4) is 0 Å². The molecule has 1 nitrogen and oxygen atoms in total. The van der Waals surface area contributed by atoms with Crippen molar-refractivity contribution in [2.24, 2.45) is 0 Å². The summed E-state index contributed by atoms with van der Waals surface area (Å²) in [5.74, 6) is 0.721. The van der Waals surface area contributed by atoms with Gasteiger partial charge in [-0.2, -0.15) is 11.3 Å². The zero-order valence-electron chi connectivity index (χ0n) is 8.85. The molecular weight excluding hydrogens is 214 g/mol. The first-order valence-corrected chi connectivity index (χ1v) is 6.44. The highest BCUT2D eigenvalue weighted by molar-refractivity contribution is 7.07. The summed E-state index contributed by atoms with van der Waals surface area (Å²) < 4.78 is 0. The van der Waals surface area contributed by atoms with Crippen LogP contribution in [-0.4, -0.2) is 18.0 Å². The molecule has 0 saturated carbocycles. The SMILES string of the molecule is CC(C)(CCCl)NCCc1ccsc1. The van der Waals surface area contributed by atoms with Gasteiger partial charge in [0.05, 0.1) is 0 Å². The van der Waals surface area contributed by atoms with E-state index in [4.69, 9.17) is 11.6 Å². The number of hydrogen-bond donors (Lipinski definition) is 1. The van der Waals surface area contributed by atoms with Gasteiger partial charge in [-0.15, -0.1) is 11.6 Å². The van der Waals surface area contributed by atoms with Gasteiger partial charge in [-0.1, -0.05) is 0 Å². The summed E-state index contributed by atoms with van der Waals surface area (Å²) >= 11 is 7.49. The van der Waals surface area contributed by atoms with E-state index < -0.39 is 0 Å². The molecule has 0 bridgehead atoms. The Hall–Kier alpha value is -0.0500. The van der Waals surface area contributed by atoms with E-state index in [1.807, 2.05) is 0 Å². The molecule has 0 amide bonds. The predicted molar refractivity (Wildman–Crippen MR) is 65.4 cm³/mol. The number of thiophene rings is 1. The Labute approximate surface area is 95.5 Å². The van der Waals surface area contributed by atoms with Crippen molar-refractivity contribution in [3.8, 4) is 0 Å². The molecule has 0 atom stereocenters. The van der Waals surface area contributed by atoms with Crippen LogP contribution < -0.4 is 5.32 Å². The van der Waals surface area contributed by atoms with Gasteiger partial charge in [-0.3, -0.25) is 0 Å². The summed E-state index contributed by atoms with van der Waals surface area (Å²) in [5, 5.41) is 7.85. The Morgan fingerprint density at radius 2 is 2.29 bits per heavy atom. The molecule has 1 rings (SSSR count). The van der Waals surface area contributed by atoms with Crippen molar-refractivity contribution >= 4 is 22.9 Å². The zero-order chi connectivity index (χ0) is 10.4. The molecule has 0 spiro atoms. The van der Waals surface area contributed by atoms with Gasteiger partial charge in [-0.05, 0) is 55.6 Å². The van der Waals surface area contributed by atoms with Crippen LogP contribution in [-0.2, 0) is 6.42 Å². The summed E-state index contributed by atoms with van der Waals surface area (Å²) in [4.78, 5) is 0. The highest BCUT2D eigenvalue weighted by Gasteiger charge is 2.14. The maximum Gasteiger partial charge on any atom is 0.0240 e. The van der Waals surface area contributed by atoms with Gasteiger partial charge in [0.15, 0.2) is 0 Å². The Morgan fingerprint density at radius 3 is 2.86 bits per heavy atom. The summed E-state index contributed by atoms with van der Waals surface area (Å²) in [6.07, 6.45) is 2.12. The van der Waals surface area contributed by atoms with Gasteiger partial charge in [0.2, 0.25) is 0 Å². The zero-order valence-corrected chi connectivity index (χ0v) is 10.4. The molecule has 1 aromatic rings. The Balaban J connectivity index is 2.20. The van der Waals surface area contributed by atoms with E-state index in [1.165, 1.54) is 5.56 Å². The van der Waals surface area contributed by atoms with Gasteiger partial charge in [-0.25, -0.2) is 0 Å². The summed E-state index contributed by atoms with van der Waals surface area (Å²) in [5.41, 5.74) is 1.58. The van der Waals surface area contributed by atoms with E-state index in [0.717, 1.165) is 25.3 Å². The summed E-state index contributed by atoms with van der Waals surface area (Å²) in [7, 11) is 0. The molecule has 1 aromatic heterocycles. The summed E-state index contributed by atoms with van der Waals surface area (Å²) in [6.45, 7) is 5.42. The first-order chi connectivity index (χ1) is 6.64. The average Bonchev–Trinajstić information content (AvgIpc) is 2.56. The highest BCUT2D eigenvalue weighted by atomic mass is 35.5. The van der Waals surface area contributed by atoms with Crippen LogP contribution >= 0.6 is 22.9 Å². The van der Waals surface area contributed by atoms with Crippen molar-refractivity contribution in [3.63, 3.8) is 0 Å². The lowest BCUT2D eigenvalue weighted by molar-refractivity contribution is 0.381. The van der Waals surface area contributed by atoms with Crippen LogP contribution in [0, 0.1) is 0 Å². The minimum atomic E-state index is 0.164. The minimum absolute atomic E-state index is 0.164. The van der Waals surface area contributed by atoms with Crippen LogP contribution in [0.4, 0.5) is 0 Å². The number of hydrogen-bond acceptors (Lipinski definition) is 2. The largest absolute Gasteiger partial charge is 0.311 e. The Kier molecular flexibility index (Phi) is 4.93. The lowest BCUT2D eigenvalue weighted by atomic mass is 10.0. The second-order valence-electron chi connectivity index (χ2n) is 4.13. The third-order valence-electron chi connectivity index (χ3n) is 2.32. The molecule has 0 unspecified atom stereocenters. The number of nitrogens with one attached hydrogen (secondary N) is 1. The van der Waals surface area contributed by atoms with Crippen molar-refractivity contribution in [2.75, 3.05) is 12.4 Å². The van der Waals surface area contributed by atoms with Crippen molar-refractivity contribution in [2.45, 2.75) is 32.2 Å². The molecule has 0 aromatic carbocycles. The molecule has 0 saturated heterocycles. The Bertz CT molecular complexity index is 244. The van der Waals surface area contributed by atoms with E-state index >= 15 is 0 Å². The Morgan fingerprint density at radius 1 is 1.50 bits per heavy atom. The molecule has 0 fully saturated rings. The van der Waals surface area contributed by atoms with E-state index in [0.29, 0.717) is 0 Å². The van der Waals surface area contributed by atoms with E-state index in [-0.39, 0.29) is 5.54 Å². The van der Waals surface area contributed by atoms with Crippen LogP contribution in [0.25, 0.3) is 0 Å². The fraction of sp³-hybridized carbons (Fsp3) is 0.636. The van der Waals surface area contributed by atoms with Crippen molar-refractivity contribution in [1.29, 1.82) is 0 Å². The monoisotopic (exact) mass is 231 g/mol. The fourth-order valence-electron chi connectivity index (χ4n) is 1.30. The standard InChI is InChI=1S/C11H18ClNS/c1-11(2,5-6-12)13-7-3-10-4-8-14-9-10/h4,8-9,13H,3,5-7H2,1-2H3. The average molecular weight is 232 g/mol. The topological polar surface area (TPSA) is 12.0 Å². The number of rotatable bonds is 6. The van der Waals surface area contributed by atoms with Crippen LogP contribution in [0.2, 0.25) is 0 Å². The first-order valence-electron chi connectivity index (χ1n) is 4.96. The molecule has 1 heterocycles. The van der Waals surface area contributed by atoms with Gasteiger partial charge in [0, 0.05) is 11.4 Å². The third kappa shape index (κ3) is 4.45. The molecular formula is C11H18ClNS. The van der Waals surface area contributed by atoms with Crippen LogP contribution in [0.15, 0.2) is 16.8 Å². The maximum absolute atomic E-state index is 5.73. The smallest absolute Gasteiger partial charge is 0.0240 e. The van der Waals surface area contributed by atoms with E-state index in [9.17, 15) is 0 Å². The van der Waals surface area contributed by atoms with E-state index in [2.05, 4.69) is 36.0 Å². The molecule has 0 aliphatic heterocycles. The van der Waals surface area contributed by atoms with Crippen molar-refractivity contribution in [3.05, 3.63) is 22.4 Å². The number of halogens is 1. The summed E-state index contributed by atoms with van der Waals surface area (Å²) in [6, 6.07) is 2.18.